The Balaban J connectivity index is 2.85. The molecule has 0 amide bonds. The molecule has 0 aliphatic heterocycles. The van der Waals surface area contributed by atoms with Crippen molar-refractivity contribution in [3.8, 4) is 0 Å². The second-order valence-corrected chi connectivity index (χ2v) is 4.38. The first-order valence-electron chi connectivity index (χ1n) is 3.83. The van der Waals surface area contributed by atoms with E-state index in [2.05, 4.69) is 21.0 Å². The number of aromatic nitrogens is 2. The molecule has 1 N–H and O–H groups in total. The van der Waals surface area contributed by atoms with Crippen LogP contribution in [0.1, 0.15) is 26.8 Å². The minimum atomic E-state index is -0.745. The molecule has 0 saturated heterocycles. The quantitative estimate of drug-likeness (QED) is 0.848. The van der Waals surface area contributed by atoms with Crippen LogP contribution in [0, 0.1) is 0 Å². The van der Waals surface area contributed by atoms with Crippen molar-refractivity contribution < 1.29 is 5.11 Å². The summed E-state index contributed by atoms with van der Waals surface area (Å²) >= 11 is 3.30. The van der Waals surface area contributed by atoms with Gasteiger partial charge in [-0.2, -0.15) is 5.10 Å². The van der Waals surface area contributed by atoms with Gasteiger partial charge in [0.2, 0.25) is 0 Å². The van der Waals surface area contributed by atoms with Crippen LogP contribution < -0.4 is 0 Å². The molecule has 1 heterocycles. The minimum Gasteiger partial charge on any atom is -0.388 e. The second-order valence-electron chi connectivity index (χ2n) is 3.47. The Labute approximate surface area is 80.5 Å². The lowest BCUT2D eigenvalue weighted by atomic mass is 10.0. The Bertz CT molecular complexity index is 264. The zero-order valence-corrected chi connectivity index (χ0v) is 9.04. The van der Waals surface area contributed by atoms with Crippen LogP contribution in [0.3, 0.4) is 0 Å². The van der Waals surface area contributed by atoms with E-state index in [0.717, 1.165) is 4.47 Å². The fraction of sp³-hybridized carbons (Fsp3) is 0.625. The maximum atomic E-state index is 9.67. The van der Waals surface area contributed by atoms with Crippen LogP contribution in [-0.4, -0.2) is 20.5 Å². The Morgan fingerprint density at radius 3 is 2.58 bits per heavy atom. The van der Waals surface area contributed by atoms with E-state index in [1.165, 1.54) is 0 Å². The van der Waals surface area contributed by atoms with E-state index in [-0.39, 0.29) is 6.04 Å². The smallest absolute Gasteiger partial charge is 0.0812 e. The topological polar surface area (TPSA) is 38.0 Å². The zero-order valence-electron chi connectivity index (χ0n) is 7.45. The Hall–Kier alpha value is -0.350. The van der Waals surface area contributed by atoms with Gasteiger partial charge in [-0.1, -0.05) is 0 Å². The van der Waals surface area contributed by atoms with Crippen molar-refractivity contribution in [3.63, 3.8) is 0 Å². The Morgan fingerprint density at radius 1 is 1.67 bits per heavy atom. The summed E-state index contributed by atoms with van der Waals surface area (Å²) in [6.45, 7) is 5.47. The van der Waals surface area contributed by atoms with E-state index in [9.17, 15) is 5.11 Å². The maximum Gasteiger partial charge on any atom is 0.0812 e. The van der Waals surface area contributed by atoms with Crippen molar-refractivity contribution in [2.24, 2.45) is 0 Å². The highest BCUT2D eigenvalue weighted by molar-refractivity contribution is 9.10. The minimum absolute atomic E-state index is 0.0243. The highest BCUT2D eigenvalue weighted by atomic mass is 79.9. The summed E-state index contributed by atoms with van der Waals surface area (Å²) in [6.07, 6.45) is 3.56. The molecule has 1 atom stereocenters. The van der Waals surface area contributed by atoms with Crippen LogP contribution in [0.5, 0.6) is 0 Å². The van der Waals surface area contributed by atoms with Gasteiger partial charge in [-0.05, 0) is 36.7 Å². The van der Waals surface area contributed by atoms with Gasteiger partial charge in [-0.25, -0.2) is 0 Å². The monoisotopic (exact) mass is 232 g/mol. The molecule has 0 unspecified atom stereocenters. The van der Waals surface area contributed by atoms with Gasteiger partial charge < -0.3 is 5.11 Å². The molecule has 0 bridgehead atoms. The van der Waals surface area contributed by atoms with E-state index in [4.69, 9.17) is 0 Å². The van der Waals surface area contributed by atoms with Gasteiger partial charge in [0.05, 0.1) is 22.3 Å². The standard InChI is InChI=1S/C8H13BrN2O/c1-6(8(2,3)12)11-5-7(9)4-10-11/h4-6,12H,1-3H3/t6-/m0/s1. The van der Waals surface area contributed by atoms with E-state index < -0.39 is 5.60 Å². The molecule has 1 rings (SSSR count). The third kappa shape index (κ3) is 2.08. The third-order valence-electron chi connectivity index (χ3n) is 1.99. The highest BCUT2D eigenvalue weighted by Gasteiger charge is 2.24. The van der Waals surface area contributed by atoms with E-state index >= 15 is 0 Å². The molecule has 0 saturated carbocycles. The lowest BCUT2D eigenvalue weighted by Crippen LogP contribution is -2.31. The molecule has 0 aromatic carbocycles. The van der Waals surface area contributed by atoms with Crippen molar-refractivity contribution >= 4 is 15.9 Å². The Morgan fingerprint density at radius 2 is 2.25 bits per heavy atom. The van der Waals surface area contributed by atoms with Crippen molar-refractivity contribution in [1.29, 1.82) is 0 Å². The molecular weight excluding hydrogens is 220 g/mol. The first-order valence-corrected chi connectivity index (χ1v) is 4.62. The molecule has 3 nitrogen and oxygen atoms in total. The summed E-state index contributed by atoms with van der Waals surface area (Å²) in [6, 6.07) is -0.0243. The summed E-state index contributed by atoms with van der Waals surface area (Å²) < 4.78 is 2.67. The van der Waals surface area contributed by atoms with Crippen LogP contribution in [0.15, 0.2) is 16.9 Å². The molecule has 0 aliphatic carbocycles. The van der Waals surface area contributed by atoms with E-state index in [1.807, 2.05) is 13.1 Å². The zero-order chi connectivity index (χ0) is 9.35. The van der Waals surface area contributed by atoms with Crippen molar-refractivity contribution in [2.45, 2.75) is 32.4 Å². The normalized spacial score (nSPS) is 14.8. The van der Waals surface area contributed by atoms with Crippen molar-refractivity contribution in [1.82, 2.24) is 9.78 Å². The van der Waals surface area contributed by atoms with Gasteiger partial charge in [0.25, 0.3) is 0 Å². The number of rotatable bonds is 2. The molecule has 1 aromatic rings. The predicted molar refractivity (Wildman–Crippen MR) is 50.9 cm³/mol. The maximum absolute atomic E-state index is 9.67. The van der Waals surface area contributed by atoms with Gasteiger partial charge in [0.15, 0.2) is 0 Å². The third-order valence-corrected chi connectivity index (χ3v) is 2.40. The lowest BCUT2D eigenvalue weighted by Gasteiger charge is -2.25. The van der Waals surface area contributed by atoms with Crippen molar-refractivity contribution in [2.75, 3.05) is 0 Å². The van der Waals surface area contributed by atoms with Gasteiger partial charge in [0.1, 0.15) is 0 Å². The van der Waals surface area contributed by atoms with Crippen LogP contribution in [0.4, 0.5) is 0 Å². The average molecular weight is 233 g/mol. The molecular formula is C8H13BrN2O. The number of aliphatic hydroxyl groups is 1. The molecule has 0 aliphatic rings. The molecule has 4 heteroatoms. The predicted octanol–water partition coefficient (Wildman–Crippen LogP) is 1.98. The summed E-state index contributed by atoms with van der Waals surface area (Å²) in [5.74, 6) is 0. The highest BCUT2D eigenvalue weighted by Crippen LogP contribution is 2.21. The van der Waals surface area contributed by atoms with Gasteiger partial charge in [0, 0.05) is 6.20 Å². The molecule has 68 valence electrons. The van der Waals surface area contributed by atoms with Crippen molar-refractivity contribution in [3.05, 3.63) is 16.9 Å². The van der Waals surface area contributed by atoms with Crippen LogP contribution in [-0.2, 0) is 0 Å². The lowest BCUT2D eigenvalue weighted by molar-refractivity contribution is 0.0258. The van der Waals surface area contributed by atoms with Crippen LogP contribution in [0.25, 0.3) is 0 Å². The summed E-state index contributed by atoms with van der Waals surface area (Å²) in [5.41, 5.74) is -0.745. The first kappa shape index (κ1) is 9.74. The second kappa shape index (κ2) is 3.18. The van der Waals surface area contributed by atoms with Gasteiger partial charge in [-0.3, -0.25) is 4.68 Å². The van der Waals surface area contributed by atoms with Gasteiger partial charge in [-0.15, -0.1) is 0 Å². The molecule has 0 spiro atoms. The molecule has 12 heavy (non-hydrogen) atoms. The van der Waals surface area contributed by atoms with E-state index in [1.54, 1.807) is 24.7 Å². The van der Waals surface area contributed by atoms with E-state index in [0.29, 0.717) is 0 Å². The number of nitrogens with zero attached hydrogens (tertiary/aromatic N) is 2. The molecule has 1 aromatic heterocycles. The van der Waals surface area contributed by atoms with Crippen LogP contribution >= 0.6 is 15.9 Å². The average Bonchev–Trinajstić information content (AvgIpc) is 2.32. The van der Waals surface area contributed by atoms with Gasteiger partial charge >= 0.3 is 0 Å². The Kier molecular flexibility index (Phi) is 2.58. The number of hydrogen-bond donors (Lipinski definition) is 1. The largest absolute Gasteiger partial charge is 0.388 e. The number of halogens is 1. The summed E-state index contributed by atoms with van der Waals surface area (Å²) in [5, 5.41) is 13.8. The molecule has 0 radical (unpaired) electrons. The summed E-state index contributed by atoms with van der Waals surface area (Å²) in [4.78, 5) is 0. The fourth-order valence-electron chi connectivity index (χ4n) is 0.850. The summed E-state index contributed by atoms with van der Waals surface area (Å²) in [7, 11) is 0. The number of hydrogen-bond acceptors (Lipinski definition) is 2. The fourth-order valence-corrected chi connectivity index (χ4v) is 1.15. The first-order chi connectivity index (χ1) is 5.41. The SMILES string of the molecule is C[C@H](n1cc(Br)cn1)C(C)(C)O. The molecule has 0 fully saturated rings. The van der Waals surface area contributed by atoms with Crippen LogP contribution in [0.2, 0.25) is 0 Å².